The van der Waals surface area contributed by atoms with Crippen molar-refractivity contribution in [3.05, 3.63) is 188 Å². The van der Waals surface area contributed by atoms with E-state index in [0.29, 0.717) is 0 Å². The zero-order chi connectivity index (χ0) is 38.3. The van der Waals surface area contributed by atoms with Crippen LogP contribution in [0.5, 0.6) is 0 Å². The van der Waals surface area contributed by atoms with Crippen molar-refractivity contribution < 1.29 is 0 Å². The molecule has 0 saturated heterocycles. The summed E-state index contributed by atoms with van der Waals surface area (Å²) in [4.78, 5) is 0. The Bertz CT molecular complexity index is 3190. The number of rotatable bonds is 5. The number of hydrogen-bond acceptors (Lipinski definition) is 1. The van der Waals surface area contributed by atoms with Crippen molar-refractivity contribution in [1.82, 2.24) is 4.57 Å². The SMILES string of the molecule is CC(C)(C)c1ccc(Nc2cc3ccccc3cc2-c2c3c(cc4ccccc24)-n2c4ccc(-c5ccccc5)cc4c4cc(-c5ccccc5)cc(c42)[B]3)cc1. The lowest BCUT2D eigenvalue weighted by atomic mass is 9.58. The molecule has 0 spiro atoms. The molecule has 0 saturated carbocycles. The van der Waals surface area contributed by atoms with Crippen molar-refractivity contribution in [3.8, 4) is 39.1 Å². The molecule has 0 atom stereocenters. The number of fused-ring (bicyclic) bond motifs is 7. The molecule has 9 aromatic carbocycles. The molecule has 0 bridgehead atoms. The Labute approximate surface area is 334 Å². The van der Waals surface area contributed by atoms with Gasteiger partial charge in [0.2, 0.25) is 0 Å². The molecule has 1 radical (unpaired) electrons. The van der Waals surface area contributed by atoms with Gasteiger partial charge in [0, 0.05) is 38.9 Å². The monoisotopic (exact) mass is 727 g/mol. The van der Waals surface area contributed by atoms with Crippen molar-refractivity contribution in [2.24, 2.45) is 0 Å². The van der Waals surface area contributed by atoms with Gasteiger partial charge >= 0.3 is 0 Å². The summed E-state index contributed by atoms with van der Waals surface area (Å²) in [5, 5.41) is 11.3. The highest BCUT2D eigenvalue weighted by molar-refractivity contribution is 6.74. The van der Waals surface area contributed by atoms with Crippen molar-refractivity contribution in [1.29, 1.82) is 0 Å². The van der Waals surface area contributed by atoms with Crippen LogP contribution in [0.25, 0.3) is 82.4 Å². The van der Waals surface area contributed by atoms with Crippen LogP contribution in [-0.4, -0.2) is 11.8 Å². The van der Waals surface area contributed by atoms with Crippen molar-refractivity contribution in [3.63, 3.8) is 0 Å². The molecule has 57 heavy (non-hydrogen) atoms. The molecule has 1 aromatic heterocycles. The molecule has 1 N–H and O–H groups in total. The summed E-state index contributed by atoms with van der Waals surface area (Å²) in [6.45, 7) is 6.80. The average molecular weight is 728 g/mol. The number of nitrogens with zero attached hydrogens (tertiary/aromatic N) is 1. The number of hydrogen-bond donors (Lipinski definition) is 1. The first kappa shape index (κ1) is 33.5. The highest BCUT2D eigenvalue weighted by atomic mass is 15.0. The van der Waals surface area contributed by atoms with Crippen LogP contribution in [0.2, 0.25) is 0 Å². The van der Waals surface area contributed by atoms with Gasteiger partial charge in [-0.3, -0.25) is 0 Å². The lowest BCUT2D eigenvalue weighted by Gasteiger charge is -2.27. The summed E-state index contributed by atoms with van der Waals surface area (Å²) >= 11 is 0. The van der Waals surface area contributed by atoms with Crippen LogP contribution in [0, 0.1) is 0 Å². The molecule has 269 valence electrons. The van der Waals surface area contributed by atoms with E-state index in [-0.39, 0.29) is 5.41 Å². The fraction of sp³-hybridized carbons (Fsp3) is 0.0741. The predicted molar refractivity (Wildman–Crippen MR) is 246 cm³/mol. The van der Waals surface area contributed by atoms with Gasteiger partial charge in [0.1, 0.15) is 0 Å². The Morgan fingerprint density at radius 1 is 0.491 bits per heavy atom. The summed E-state index contributed by atoms with van der Waals surface area (Å²) < 4.78 is 2.54. The standard InChI is InChI=1S/C54H40BN2/c1-54(2,3)41-23-25-42(26-24-41)56-48-32-37-19-11-10-18-36(37)29-46(48)51-43-21-13-12-20-39(43)33-50-52(51)55-47-31-40(35-16-8-5-9-17-35)30-45-44-28-38(34-14-6-4-7-15-34)22-27-49(44)57(50)53(45)47/h4-33,56H,1-3H3. The van der Waals surface area contributed by atoms with Crippen LogP contribution in [-0.2, 0) is 5.41 Å². The summed E-state index contributed by atoms with van der Waals surface area (Å²) in [5.41, 5.74) is 16.9. The van der Waals surface area contributed by atoms with E-state index in [1.807, 2.05) is 0 Å². The first-order chi connectivity index (χ1) is 27.9. The lowest BCUT2D eigenvalue weighted by Crippen LogP contribution is -2.37. The van der Waals surface area contributed by atoms with Crippen LogP contribution in [0.15, 0.2) is 182 Å². The Morgan fingerprint density at radius 2 is 1.12 bits per heavy atom. The minimum absolute atomic E-state index is 0.0817. The third kappa shape index (κ3) is 5.57. The molecule has 10 aromatic rings. The van der Waals surface area contributed by atoms with Gasteiger partial charge in [0.15, 0.2) is 7.28 Å². The zero-order valence-corrected chi connectivity index (χ0v) is 32.3. The molecule has 0 aliphatic carbocycles. The molecule has 0 amide bonds. The highest BCUT2D eigenvalue weighted by Crippen LogP contribution is 2.42. The predicted octanol–water partition coefficient (Wildman–Crippen LogP) is 13.1. The topological polar surface area (TPSA) is 17.0 Å². The van der Waals surface area contributed by atoms with Gasteiger partial charge in [0.05, 0.1) is 5.52 Å². The number of benzene rings is 9. The van der Waals surface area contributed by atoms with E-state index in [1.54, 1.807) is 0 Å². The molecule has 1 aliphatic heterocycles. The molecule has 3 heteroatoms. The third-order valence-electron chi connectivity index (χ3n) is 11.9. The molecular weight excluding hydrogens is 687 g/mol. The van der Waals surface area contributed by atoms with Gasteiger partial charge in [-0.1, -0.05) is 160 Å². The van der Waals surface area contributed by atoms with Gasteiger partial charge in [-0.25, -0.2) is 0 Å². The van der Waals surface area contributed by atoms with E-state index in [1.165, 1.54) is 98.9 Å². The summed E-state index contributed by atoms with van der Waals surface area (Å²) in [5.74, 6) is 0. The van der Waals surface area contributed by atoms with E-state index in [0.717, 1.165) is 11.4 Å². The van der Waals surface area contributed by atoms with Crippen LogP contribution in [0.3, 0.4) is 0 Å². The van der Waals surface area contributed by atoms with Crippen LogP contribution >= 0.6 is 0 Å². The van der Waals surface area contributed by atoms with Crippen LogP contribution < -0.4 is 16.2 Å². The largest absolute Gasteiger partial charge is 0.355 e. The van der Waals surface area contributed by atoms with Gasteiger partial charge in [0.25, 0.3) is 0 Å². The second-order valence-corrected chi connectivity index (χ2v) is 16.5. The number of nitrogens with one attached hydrogen (secondary N) is 1. The van der Waals surface area contributed by atoms with E-state index in [4.69, 9.17) is 0 Å². The number of anilines is 2. The normalized spacial score (nSPS) is 12.3. The third-order valence-corrected chi connectivity index (χ3v) is 11.9. The van der Waals surface area contributed by atoms with E-state index in [9.17, 15) is 0 Å². The molecule has 2 heterocycles. The highest BCUT2D eigenvalue weighted by Gasteiger charge is 2.29. The lowest BCUT2D eigenvalue weighted by molar-refractivity contribution is 0.590. The second kappa shape index (κ2) is 12.9. The average Bonchev–Trinajstić information content (AvgIpc) is 3.58. The van der Waals surface area contributed by atoms with Crippen LogP contribution in [0.4, 0.5) is 11.4 Å². The van der Waals surface area contributed by atoms with Gasteiger partial charge in [-0.2, -0.15) is 0 Å². The van der Waals surface area contributed by atoms with Crippen molar-refractivity contribution >= 4 is 72.9 Å². The number of aromatic nitrogens is 1. The molecule has 0 unspecified atom stereocenters. The maximum Gasteiger partial charge on any atom is 0.197 e. The fourth-order valence-electron chi connectivity index (χ4n) is 9.03. The van der Waals surface area contributed by atoms with E-state index < -0.39 is 0 Å². The minimum Gasteiger partial charge on any atom is -0.355 e. The fourth-order valence-corrected chi connectivity index (χ4v) is 9.03. The maximum atomic E-state index is 3.91. The Kier molecular flexibility index (Phi) is 7.56. The molecule has 2 nitrogen and oxygen atoms in total. The van der Waals surface area contributed by atoms with Gasteiger partial charge in [-0.05, 0) is 114 Å². The minimum atomic E-state index is 0.0817. The summed E-state index contributed by atoms with van der Waals surface area (Å²) in [7, 11) is 2.46. The smallest absolute Gasteiger partial charge is 0.197 e. The Balaban J connectivity index is 1.21. The quantitative estimate of drug-likeness (QED) is 0.175. The van der Waals surface area contributed by atoms with Crippen molar-refractivity contribution in [2.75, 3.05) is 5.32 Å². The van der Waals surface area contributed by atoms with Crippen molar-refractivity contribution in [2.45, 2.75) is 26.2 Å². The summed E-state index contributed by atoms with van der Waals surface area (Å²) in [6.07, 6.45) is 0. The first-order valence-corrected chi connectivity index (χ1v) is 19.9. The first-order valence-electron chi connectivity index (χ1n) is 19.9. The van der Waals surface area contributed by atoms with E-state index in [2.05, 4.69) is 220 Å². The van der Waals surface area contributed by atoms with Gasteiger partial charge < -0.3 is 9.88 Å². The van der Waals surface area contributed by atoms with Crippen LogP contribution in [0.1, 0.15) is 26.3 Å². The Hall–Kier alpha value is -6.84. The molecule has 0 fully saturated rings. The summed E-state index contributed by atoms with van der Waals surface area (Å²) in [6, 6.07) is 67.0. The molecular formula is C54H40BN2. The molecule has 11 rings (SSSR count). The Morgan fingerprint density at radius 3 is 1.84 bits per heavy atom. The van der Waals surface area contributed by atoms with Gasteiger partial charge in [-0.15, -0.1) is 0 Å². The second-order valence-electron chi connectivity index (χ2n) is 16.5. The zero-order valence-electron chi connectivity index (χ0n) is 32.3. The molecule has 1 aliphatic rings. The van der Waals surface area contributed by atoms with E-state index >= 15 is 0 Å². The maximum absolute atomic E-state index is 3.91.